The van der Waals surface area contributed by atoms with Crippen LogP contribution >= 0.6 is 0 Å². The van der Waals surface area contributed by atoms with Gasteiger partial charge in [0.2, 0.25) is 0 Å². The Morgan fingerprint density at radius 1 is 1.32 bits per heavy atom. The number of hydrogen-bond donors (Lipinski definition) is 2. The summed E-state index contributed by atoms with van der Waals surface area (Å²) < 4.78 is 0. The number of unbranched alkanes of at least 4 members (excludes halogenated alkanes) is 1. The van der Waals surface area contributed by atoms with E-state index in [9.17, 15) is 0 Å². The molecule has 0 bridgehead atoms. The number of allylic oxidation sites excluding steroid dienone is 2. The van der Waals surface area contributed by atoms with Crippen molar-refractivity contribution in [2.75, 3.05) is 6.54 Å². The van der Waals surface area contributed by atoms with Crippen LogP contribution in [0.3, 0.4) is 0 Å². The molecule has 0 aliphatic heterocycles. The summed E-state index contributed by atoms with van der Waals surface area (Å²) >= 11 is 0. The molecular weight excluding hydrogens is 232 g/mol. The molecule has 0 saturated heterocycles. The molecule has 0 heterocycles. The molecule has 0 rings (SSSR count). The van der Waals surface area contributed by atoms with Gasteiger partial charge in [-0.2, -0.15) is 0 Å². The summed E-state index contributed by atoms with van der Waals surface area (Å²) in [7, 11) is 0. The quantitative estimate of drug-likeness (QED) is 0.614. The topological polar surface area (TPSA) is 38.0 Å². The molecule has 2 unspecified atom stereocenters. The lowest BCUT2D eigenvalue weighted by atomic mass is 9.77. The first-order valence-corrected chi connectivity index (χ1v) is 7.94. The maximum Gasteiger partial charge on any atom is 0.0263 e. The molecule has 19 heavy (non-hydrogen) atoms. The summed E-state index contributed by atoms with van der Waals surface area (Å²) in [5.74, 6) is 0.615. The predicted molar refractivity (Wildman–Crippen MR) is 87.1 cm³/mol. The number of rotatable bonds is 10. The predicted octanol–water partition coefficient (Wildman–Crippen LogP) is 4.46. The molecule has 0 saturated carbocycles. The third-order valence-electron chi connectivity index (χ3n) is 3.87. The van der Waals surface area contributed by atoms with Crippen LogP contribution in [0.4, 0.5) is 0 Å². The molecule has 2 atom stereocenters. The van der Waals surface area contributed by atoms with E-state index in [4.69, 9.17) is 5.73 Å². The van der Waals surface area contributed by atoms with Gasteiger partial charge < -0.3 is 11.1 Å². The van der Waals surface area contributed by atoms with Crippen LogP contribution in [0.25, 0.3) is 0 Å². The van der Waals surface area contributed by atoms with Crippen molar-refractivity contribution in [2.24, 2.45) is 17.1 Å². The molecule has 114 valence electrons. The van der Waals surface area contributed by atoms with Gasteiger partial charge in [0.15, 0.2) is 0 Å². The first kappa shape index (κ1) is 18.5. The minimum Gasteiger partial charge on any atom is -0.386 e. The van der Waals surface area contributed by atoms with Gasteiger partial charge >= 0.3 is 0 Å². The zero-order valence-electron chi connectivity index (χ0n) is 14.1. The van der Waals surface area contributed by atoms with Crippen LogP contribution in [-0.4, -0.2) is 12.6 Å². The largest absolute Gasteiger partial charge is 0.386 e. The maximum atomic E-state index is 5.77. The van der Waals surface area contributed by atoms with Crippen molar-refractivity contribution < 1.29 is 0 Å². The summed E-state index contributed by atoms with van der Waals surface area (Å²) in [4.78, 5) is 0. The second-order valence-electron chi connectivity index (χ2n) is 6.87. The van der Waals surface area contributed by atoms with Crippen LogP contribution < -0.4 is 11.1 Å². The van der Waals surface area contributed by atoms with Crippen molar-refractivity contribution in [2.45, 2.75) is 79.7 Å². The lowest BCUT2D eigenvalue weighted by Crippen LogP contribution is -2.34. The molecule has 0 spiro atoms. The van der Waals surface area contributed by atoms with Crippen LogP contribution in [0.1, 0.15) is 73.6 Å². The summed E-state index contributed by atoms with van der Waals surface area (Å²) in [6.07, 6.45) is 8.44. The fourth-order valence-corrected chi connectivity index (χ4v) is 2.86. The van der Waals surface area contributed by atoms with Crippen molar-refractivity contribution in [1.29, 1.82) is 0 Å². The van der Waals surface area contributed by atoms with Gasteiger partial charge in [-0.3, -0.25) is 0 Å². The third-order valence-corrected chi connectivity index (χ3v) is 3.87. The van der Waals surface area contributed by atoms with E-state index < -0.39 is 0 Å². The van der Waals surface area contributed by atoms with Gasteiger partial charge in [0.25, 0.3) is 0 Å². The summed E-state index contributed by atoms with van der Waals surface area (Å²) in [6.45, 7) is 14.3. The second-order valence-corrected chi connectivity index (χ2v) is 6.87. The Morgan fingerprint density at radius 3 is 2.42 bits per heavy atom. The van der Waals surface area contributed by atoms with Gasteiger partial charge in [0.05, 0.1) is 0 Å². The van der Waals surface area contributed by atoms with Gasteiger partial charge in [-0.05, 0) is 51.0 Å². The minimum absolute atomic E-state index is 0.359. The van der Waals surface area contributed by atoms with E-state index in [0.717, 1.165) is 6.54 Å². The third kappa shape index (κ3) is 9.10. The van der Waals surface area contributed by atoms with E-state index in [-0.39, 0.29) is 0 Å². The number of nitrogens with two attached hydrogens (primary N) is 1. The zero-order chi connectivity index (χ0) is 14.9. The van der Waals surface area contributed by atoms with Crippen LogP contribution in [0.2, 0.25) is 0 Å². The first-order valence-electron chi connectivity index (χ1n) is 7.94. The Kier molecular flexibility index (Phi) is 9.16. The Hall–Kier alpha value is -0.500. The average Bonchev–Trinajstić information content (AvgIpc) is 2.34. The second kappa shape index (κ2) is 9.41. The van der Waals surface area contributed by atoms with Crippen molar-refractivity contribution >= 4 is 0 Å². The fourth-order valence-electron chi connectivity index (χ4n) is 2.86. The Morgan fingerprint density at radius 2 is 1.95 bits per heavy atom. The van der Waals surface area contributed by atoms with Crippen LogP contribution in [0, 0.1) is 11.3 Å². The van der Waals surface area contributed by atoms with Crippen LogP contribution in [0.15, 0.2) is 11.8 Å². The lowest BCUT2D eigenvalue weighted by molar-refractivity contribution is 0.225. The molecule has 0 aromatic rings. The van der Waals surface area contributed by atoms with Crippen LogP contribution in [0.5, 0.6) is 0 Å². The summed E-state index contributed by atoms with van der Waals surface area (Å²) in [6, 6.07) is 0.594. The highest BCUT2D eigenvalue weighted by atomic mass is 14.9. The highest BCUT2D eigenvalue weighted by Crippen LogP contribution is 2.31. The van der Waals surface area contributed by atoms with E-state index in [2.05, 4.69) is 52.9 Å². The monoisotopic (exact) mass is 268 g/mol. The molecule has 0 amide bonds. The first-order chi connectivity index (χ1) is 8.84. The zero-order valence-corrected chi connectivity index (χ0v) is 14.1. The highest BCUT2D eigenvalue weighted by Gasteiger charge is 2.24. The molecule has 2 heteroatoms. The fraction of sp³-hybridized carbons (Fsp3) is 0.882. The van der Waals surface area contributed by atoms with E-state index >= 15 is 0 Å². The van der Waals surface area contributed by atoms with Crippen LogP contribution in [-0.2, 0) is 0 Å². The molecule has 2 nitrogen and oxygen atoms in total. The smallest absolute Gasteiger partial charge is 0.0263 e. The molecule has 0 radical (unpaired) electrons. The normalized spacial score (nSPS) is 16.3. The molecular formula is C17H36N2. The van der Waals surface area contributed by atoms with Gasteiger partial charge in [-0.25, -0.2) is 0 Å². The van der Waals surface area contributed by atoms with E-state index in [1.807, 2.05) is 0 Å². The van der Waals surface area contributed by atoms with Gasteiger partial charge in [-0.1, -0.05) is 46.6 Å². The van der Waals surface area contributed by atoms with Crippen molar-refractivity contribution in [3.8, 4) is 0 Å². The Balaban J connectivity index is 4.50. The highest BCUT2D eigenvalue weighted by molar-refractivity contribution is 4.96. The minimum atomic E-state index is 0.359. The summed E-state index contributed by atoms with van der Waals surface area (Å²) in [5, 5.41) is 3.68. The summed E-state index contributed by atoms with van der Waals surface area (Å²) in [5.41, 5.74) is 7.42. The Labute approximate surface area is 121 Å². The van der Waals surface area contributed by atoms with E-state index in [0.29, 0.717) is 17.4 Å². The van der Waals surface area contributed by atoms with E-state index in [1.165, 1.54) is 37.8 Å². The van der Waals surface area contributed by atoms with Crippen molar-refractivity contribution in [3.05, 3.63) is 11.8 Å². The number of nitrogens with one attached hydrogen (secondary N) is 1. The van der Waals surface area contributed by atoms with E-state index in [1.54, 1.807) is 0 Å². The van der Waals surface area contributed by atoms with Crippen molar-refractivity contribution in [1.82, 2.24) is 5.32 Å². The SMILES string of the molecule is C/C=C(\C)NC(CCCC)CC(C)(C)CC(C)CN. The Bertz CT molecular complexity index is 256. The standard InChI is InChI=1S/C17H36N2/c1-7-9-10-16(19-15(4)8-2)12-17(5,6)11-14(3)13-18/h8,14,16,19H,7,9-13,18H2,1-6H3/b15-8+. The molecule has 3 N–H and O–H groups in total. The van der Waals surface area contributed by atoms with Crippen molar-refractivity contribution in [3.63, 3.8) is 0 Å². The molecule has 0 fully saturated rings. The average molecular weight is 268 g/mol. The van der Waals surface area contributed by atoms with Gasteiger partial charge in [0, 0.05) is 11.7 Å². The lowest BCUT2D eigenvalue weighted by Gasteiger charge is -2.33. The molecule has 0 aliphatic rings. The number of hydrogen-bond acceptors (Lipinski definition) is 2. The molecule has 0 aliphatic carbocycles. The van der Waals surface area contributed by atoms with Gasteiger partial charge in [0.1, 0.15) is 0 Å². The maximum absolute atomic E-state index is 5.77. The molecule has 0 aromatic heterocycles. The molecule has 0 aromatic carbocycles. The van der Waals surface area contributed by atoms with Gasteiger partial charge in [-0.15, -0.1) is 0 Å².